The molecule has 2 N–H and O–H groups in total. The van der Waals surface area contributed by atoms with E-state index in [0.29, 0.717) is 33.9 Å². The fraction of sp³-hybridized carbons (Fsp3) is 0.650. The van der Waals surface area contributed by atoms with Crippen LogP contribution in [0.3, 0.4) is 0 Å². The molecule has 3 atom stereocenters. The highest BCUT2D eigenvalue weighted by Crippen LogP contribution is 2.53. The molecule has 1 aliphatic carbocycles. The molecule has 1 aromatic rings. The standard InChI is InChI=1S/C20H30N2O2/c1-13(18(23)14-6-7-17(24-5)16(21)8-14)22-12-20(4)10-15(22)9-19(2,3)11-20/h6-8,13,15H,9-12,21H2,1-5H3. The number of hydrogen-bond donors (Lipinski definition) is 1. The average Bonchev–Trinajstić information content (AvgIpc) is 2.74. The van der Waals surface area contributed by atoms with Gasteiger partial charge in [0.2, 0.25) is 0 Å². The number of nitrogen functional groups attached to an aromatic ring is 1. The second kappa shape index (κ2) is 5.76. The number of methoxy groups -OCH3 is 1. The Bertz CT molecular complexity index is 655. The van der Waals surface area contributed by atoms with Crippen LogP contribution in [0.25, 0.3) is 0 Å². The lowest BCUT2D eigenvalue weighted by molar-refractivity contribution is 0.0785. The van der Waals surface area contributed by atoms with Gasteiger partial charge in [0.1, 0.15) is 5.75 Å². The van der Waals surface area contributed by atoms with Gasteiger partial charge in [-0.1, -0.05) is 20.8 Å². The Morgan fingerprint density at radius 3 is 2.67 bits per heavy atom. The number of ether oxygens (including phenoxy) is 1. The number of ketones is 1. The highest BCUT2D eigenvalue weighted by Gasteiger charge is 2.51. The van der Waals surface area contributed by atoms with Crippen LogP contribution in [-0.2, 0) is 0 Å². The van der Waals surface area contributed by atoms with Crippen molar-refractivity contribution in [2.45, 2.75) is 59.0 Å². The molecule has 0 amide bonds. The predicted molar refractivity (Wildman–Crippen MR) is 97.4 cm³/mol. The van der Waals surface area contributed by atoms with Crippen LogP contribution >= 0.6 is 0 Å². The molecule has 1 heterocycles. The van der Waals surface area contributed by atoms with Crippen molar-refractivity contribution in [2.75, 3.05) is 19.4 Å². The fourth-order valence-corrected chi connectivity index (χ4v) is 5.24. The Morgan fingerprint density at radius 2 is 2.04 bits per heavy atom. The molecule has 1 aromatic carbocycles. The predicted octanol–water partition coefficient (Wildman–Crippen LogP) is 3.75. The van der Waals surface area contributed by atoms with Crippen LogP contribution in [0.15, 0.2) is 18.2 Å². The first-order valence-electron chi connectivity index (χ1n) is 8.88. The summed E-state index contributed by atoms with van der Waals surface area (Å²) in [4.78, 5) is 15.4. The SMILES string of the molecule is COc1ccc(C(=O)C(C)N2CC3(C)CC2CC(C)(C)C3)cc1N. The summed E-state index contributed by atoms with van der Waals surface area (Å²) in [6, 6.07) is 5.74. The third-order valence-electron chi connectivity index (χ3n) is 5.85. The summed E-state index contributed by atoms with van der Waals surface area (Å²) >= 11 is 0. The summed E-state index contributed by atoms with van der Waals surface area (Å²) < 4.78 is 5.19. The maximum Gasteiger partial charge on any atom is 0.179 e. The second-order valence-corrected chi connectivity index (χ2v) is 8.88. The van der Waals surface area contributed by atoms with E-state index in [1.54, 1.807) is 19.2 Å². The first-order chi connectivity index (χ1) is 11.1. The van der Waals surface area contributed by atoms with Crippen LogP contribution in [0, 0.1) is 10.8 Å². The number of likely N-dealkylation sites (tertiary alicyclic amines) is 1. The third-order valence-corrected chi connectivity index (χ3v) is 5.85. The highest BCUT2D eigenvalue weighted by molar-refractivity contribution is 6.00. The number of hydrogen-bond acceptors (Lipinski definition) is 4. The van der Waals surface area contributed by atoms with E-state index in [0.717, 1.165) is 6.54 Å². The number of carbonyl (C=O) groups is 1. The maximum absolute atomic E-state index is 13.0. The Kier molecular flexibility index (Phi) is 4.15. The van der Waals surface area contributed by atoms with Crippen molar-refractivity contribution >= 4 is 11.5 Å². The van der Waals surface area contributed by atoms with E-state index in [-0.39, 0.29) is 11.8 Å². The van der Waals surface area contributed by atoms with Gasteiger partial charge in [-0.2, -0.15) is 0 Å². The van der Waals surface area contributed by atoms with Crippen LogP contribution in [0.5, 0.6) is 5.75 Å². The molecule has 0 spiro atoms. The minimum atomic E-state index is -0.112. The minimum Gasteiger partial charge on any atom is -0.495 e. The van der Waals surface area contributed by atoms with Crippen LogP contribution < -0.4 is 10.5 Å². The van der Waals surface area contributed by atoms with E-state index in [2.05, 4.69) is 25.7 Å². The van der Waals surface area contributed by atoms with Gasteiger partial charge < -0.3 is 10.5 Å². The van der Waals surface area contributed by atoms with Crippen molar-refractivity contribution in [3.05, 3.63) is 23.8 Å². The smallest absolute Gasteiger partial charge is 0.179 e. The number of anilines is 1. The molecular formula is C20H30N2O2. The van der Waals surface area contributed by atoms with Gasteiger partial charge in [0, 0.05) is 18.2 Å². The van der Waals surface area contributed by atoms with E-state index >= 15 is 0 Å². The molecular weight excluding hydrogens is 300 g/mol. The summed E-state index contributed by atoms with van der Waals surface area (Å²) in [5.41, 5.74) is 7.86. The molecule has 24 heavy (non-hydrogen) atoms. The number of nitrogens with zero attached hydrogens (tertiary/aromatic N) is 1. The molecule has 4 heteroatoms. The Labute approximate surface area is 145 Å². The van der Waals surface area contributed by atoms with Crippen molar-refractivity contribution in [3.63, 3.8) is 0 Å². The quantitative estimate of drug-likeness (QED) is 0.675. The monoisotopic (exact) mass is 330 g/mol. The minimum absolute atomic E-state index is 0.112. The fourth-order valence-electron chi connectivity index (χ4n) is 5.24. The number of carbonyl (C=O) groups excluding carboxylic acids is 1. The summed E-state index contributed by atoms with van der Waals surface area (Å²) in [6.07, 6.45) is 3.62. The molecule has 4 nitrogen and oxygen atoms in total. The number of rotatable bonds is 4. The highest BCUT2D eigenvalue weighted by atomic mass is 16.5. The lowest BCUT2D eigenvalue weighted by atomic mass is 9.65. The van der Waals surface area contributed by atoms with E-state index in [4.69, 9.17) is 10.5 Å². The number of fused-ring (bicyclic) bond motifs is 2. The molecule has 0 aromatic heterocycles. The van der Waals surface area contributed by atoms with Crippen LogP contribution in [0.1, 0.15) is 57.3 Å². The number of Topliss-reactive ketones (excluding diaryl/α,β-unsaturated/α-hetero) is 1. The van der Waals surface area contributed by atoms with Crippen LogP contribution in [-0.4, -0.2) is 36.4 Å². The Hall–Kier alpha value is -1.55. The second-order valence-electron chi connectivity index (χ2n) is 8.88. The molecule has 132 valence electrons. The molecule has 0 radical (unpaired) electrons. The van der Waals surface area contributed by atoms with E-state index < -0.39 is 0 Å². The maximum atomic E-state index is 13.0. The molecule has 2 fully saturated rings. The summed E-state index contributed by atoms with van der Waals surface area (Å²) in [5.74, 6) is 0.767. The van der Waals surface area contributed by atoms with Crippen LogP contribution in [0.4, 0.5) is 5.69 Å². The molecule has 1 aliphatic heterocycles. The summed E-state index contributed by atoms with van der Waals surface area (Å²) in [7, 11) is 1.59. The van der Waals surface area contributed by atoms with Crippen molar-refractivity contribution < 1.29 is 9.53 Å². The van der Waals surface area contributed by atoms with E-state index in [9.17, 15) is 4.79 Å². The molecule has 3 unspecified atom stereocenters. The zero-order chi connectivity index (χ0) is 17.7. The van der Waals surface area contributed by atoms with Gasteiger partial charge >= 0.3 is 0 Å². The molecule has 2 bridgehead atoms. The zero-order valence-corrected chi connectivity index (χ0v) is 15.6. The zero-order valence-electron chi connectivity index (χ0n) is 15.6. The molecule has 1 saturated heterocycles. The Balaban J connectivity index is 1.81. The van der Waals surface area contributed by atoms with Crippen molar-refractivity contribution in [1.82, 2.24) is 4.90 Å². The number of nitrogens with two attached hydrogens (primary N) is 1. The van der Waals surface area contributed by atoms with Gasteiger partial charge in [0.05, 0.1) is 18.8 Å². The van der Waals surface area contributed by atoms with Gasteiger partial charge in [0.15, 0.2) is 5.78 Å². The van der Waals surface area contributed by atoms with Crippen molar-refractivity contribution in [2.24, 2.45) is 10.8 Å². The van der Waals surface area contributed by atoms with Gasteiger partial charge in [-0.05, 0) is 55.2 Å². The van der Waals surface area contributed by atoms with Crippen molar-refractivity contribution in [3.8, 4) is 5.75 Å². The van der Waals surface area contributed by atoms with E-state index in [1.807, 2.05) is 13.0 Å². The average molecular weight is 330 g/mol. The van der Waals surface area contributed by atoms with E-state index in [1.165, 1.54) is 19.3 Å². The Morgan fingerprint density at radius 1 is 1.33 bits per heavy atom. The molecule has 3 rings (SSSR count). The number of benzene rings is 1. The lowest BCUT2D eigenvalue weighted by Crippen LogP contribution is -2.43. The van der Waals surface area contributed by atoms with Gasteiger partial charge in [-0.3, -0.25) is 9.69 Å². The van der Waals surface area contributed by atoms with Gasteiger partial charge in [-0.25, -0.2) is 0 Å². The third kappa shape index (κ3) is 3.04. The van der Waals surface area contributed by atoms with Gasteiger partial charge in [-0.15, -0.1) is 0 Å². The topological polar surface area (TPSA) is 55.6 Å². The largest absolute Gasteiger partial charge is 0.495 e. The normalized spacial score (nSPS) is 30.1. The van der Waals surface area contributed by atoms with Crippen molar-refractivity contribution in [1.29, 1.82) is 0 Å². The lowest BCUT2D eigenvalue weighted by Gasteiger charge is -2.40. The molecule has 1 saturated carbocycles. The van der Waals surface area contributed by atoms with Gasteiger partial charge in [0.25, 0.3) is 0 Å². The summed E-state index contributed by atoms with van der Waals surface area (Å²) in [5, 5.41) is 0. The first-order valence-corrected chi connectivity index (χ1v) is 8.88. The molecule has 2 aliphatic rings. The van der Waals surface area contributed by atoms with Crippen LogP contribution in [0.2, 0.25) is 0 Å². The summed E-state index contributed by atoms with van der Waals surface area (Å²) in [6.45, 7) is 10.2. The first kappa shape index (κ1) is 17.3.